The van der Waals surface area contributed by atoms with Crippen LogP contribution in [0.1, 0.15) is 17.8 Å². The van der Waals surface area contributed by atoms with Crippen LogP contribution >= 0.6 is 0 Å². The minimum Gasteiger partial charge on any atom is -0.354 e. The molecule has 0 aromatic carbocycles. The molecule has 0 bridgehead atoms. The molecule has 1 aliphatic rings. The van der Waals surface area contributed by atoms with Gasteiger partial charge in [0, 0.05) is 26.1 Å². The topological polar surface area (TPSA) is 110 Å². The highest BCUT2D eigenvalue weighted by Crippen LogP contribution is 2.21. The van der Waals surface area contributed by atoms with Gasteiger partial charge in [-0.3, -0.25) is 24.4 Å². The molecule has 9 heteroatoms. The number of nitrogens with zero attached hydrogens (tertiary/aromatic N) is 4. The zero-order chi connectivity index (χ0) is 15.6. The lowest BCUT2D eigenvalue weighted by molar-refractivity contribution is -0.386. The summed E-state index contributed by atoms with van der Waals surface area (Å²) in [5, 5.41) is 17.7. The van der Waals surface area contributed by atoms with E-state index in [1.54, 1.807) is 18.7 Å². The van der Waals surface area contributed by atoms with Gasteiger partial charge in [-0.05, 0) is 13.8 Å². The first kappa shape index (κ1) is 14.9. The lowest BCUT2D eigenvalue weighted by Crippen LogP contribution is -2.36. The van der Waals surface area contributed by atoms with Crippen molar-refractivity contribution in [3.05, 3.63) is 21.5 Å². The second kappa shape index (κ2) is 5.90. The van der Waals surface area contributed by atoms with Gasteiger partial charge in [0.2, 0.25) is 11.8 Å². The van der Waals surface area contributed by atoms with E-state index in [4.69, 9.17) is 0 Å². The van der Waals surface area contributed by atoms with Gasteiger partial charge in [-0.25, -0.2) is 0 Å². The minimum absolute atomic E-state index is 0.0597. The van der Waals surface area contributed by atoms with Crippen LogP contribution in [0, 0.1) is 24.0 Å². The Balaban J connectivity index is 2.11. The molecular formula is C12H17N5O4. The van der Waals surface area contributed by atoms with E-state index in [-0.39, 0.29) is 36.2 Å². The number of hydrogen-bond acceptors (Lipinski definition) is 5. The van der Waals surface area contributed by atoms with Gasteiger partial charge in [0.15, 0.2) is 0 Å². The smallest absolute Gasteiger partial charge is 0.312 e. The molecule has 114 valence electrons. The molecule has 2 rings (SSSR count). The van der Waals surface area contributed by atoms with E-state index in [9.17, 15) is 19.7 Å². The summed E-state index contributed by atoms with van der Waals surface area (Å²) in [6, 6.07) is 0. The van der Waals surface area contributed by atoms with Gasteiger partial charge in [0.05, 0.1) is 4.92 Å². The van der Waals surface area contributed by atoms with Gasteiger partial charge in [0.25, 0.3) is 0 Å². The third-order valence-corrected chi connectivity index (χ3v) is 3.48. The van der Waals surface area contributed by atoms with Crippen LogP contribution in [0.15, 0.2) is 0 Å². The van der Waals surface area contributed by atoms with E-state index in [1.165, 1.54) is 4.68 Å². The fourth-order valence-corrected chi connectivity index (χ4v) is 2.35. The van der Waals surface area contributed by atoms with E-state index >= 15 is 0 Å². The predicted molar refractivity (Wildman–Crippen MR) is 72.6 cm³/mol. The molecule has 0 aliphatic carbocycles. The van der Waals surface area contributed by atoms with E-state index in [0.29, 0.717) is 25.3 Å². The van der Waals surface area contributed by atoms with Crippen LogP contribution in [-0.2, 0) is 16.1 Å². The molecule has 0 unspecified atom stereocenters. The van der Waals surface area contributed by atoms with Crippen molar-refractivity contribution in [2.45, 2.75) is 26.8 Å². The number of aryl methyl sites for hydroxylation is 1. The Labute approximate surface area is 121 Å². The van der Waals surface area contributed by atoms with E-state index in [0.717, 1.165) is 0 Å². The third kappa shape index (κ3) is 3.18. The number of rotatable bonds is 3. The highest BCUT2D eigenvalue weighted by molar-refractivity contribution is 5.80. The van der Waals surface area contributed by atoms with Crippen molar-refractivity contribution in [3.63, 3.8) is 0 Å². The first-order valence-electron chi connectivity index (χ1n) is 6.63. The van der Waals surface area contributed by atoms with Crippen molar-refractivity contribution in [1.82, 2.24) is 20.0 Å². The molecule has 9 nitrogen and oxygen atoms in total. The van der Waals surface area contributed by atoms with Crippen molar-refractivity contribution in [2.75, 3.05) is 19.6 Å². The Bertz CT molecular complexity index is 595. The molecule has 0 radical (unpaired) electrons. The summed E-state index contributed by atoms with van der Waals surface area (Å²) in [6.07, 6.45) is 0.267. The van der Waals surface area contributed by atoms with Crippen LogP contribution in [0.25, 0.3) is 0 Å². The molecule has 1 aromatic rings. The first-order chi connectivity index (χ1) is 9.90. The van der Waals surface area contributed by atoms with Crippen molar-refractivity contribution in [3.8, 4) is 0 Å². The zero-order valence-electron chi connectivity index (χ0n) is 12.0. The van der Waals surface area contributed by atoms with Crippen LogP contribution in [0.3, 0.4) is 0 Å². The summed E-state index contributed by atoms with van der Waals surface area (Å²) >= 11 is 0. The number of nitrogens with one attached hydrogen (secondary N) is 1. The number of aromatic nitrogens is 2. The lowest BCUT2D eigenvalue weighted by Gasteiger charge is -2.19. The molecule has 1 aliphatic heterocycles. The number of amides is 2. The third-order valence-electron chi connectivity index (χ3n) is 3.48. The molecule has 1 saturated heterocycles. The normalized spacial score (nSPS) is 15.5. The van der Waals surface area contributed by atoms with Crippen molar-refractivity contribution >= 4 is 17.5 Å². The van der Waals surface area contributed by atoms with Crippen molar-refractivity contribution < 1.29 is 14.5 Å². The van der Waals surface area contributed by atoms with Gasteiger partial charge in [-0.2, -0.15) is 5.10 Å². The lowest BCUT2D eigenvalue weighted by atomic mass is 10.3. The number of nitro groups is 1. The Morgan fingerprint density at radius 1 is 1.43 bits per heavy atom. The highest BCUT2D eigenvalue weighted by Gasteiger charge is 2.25. The summed E-state index contributed by atoms with van der Waals surface area (Å²) in [4.78, 5) is 35.5. The Morgan fingerprint density at radius 2 is 2.14 bits per heavy atom. The second-order valence-corrected chi connectivity index (χ2v) is 4.91. The van der Waals surface area contributed by atoms with E-state index in [2.05, 4.69) is 10.4 Å². The maximum atomic E-state index is 12.2. The van der Waals surface area contributed by atoms with Gasteiger partial charge in [0.1, 0.15) is 17.9 Å². The number of carbonyl (C=O) groups is 2. The summed E-state index contributed by atoms with van der Waals surface area (Å²) in [5.41, 5.74) is 0.586. The number of carbonyl (C=O) groups excluding carboxylic acids is 2. The van der Waals surface area contributed by atoms with Gasteiger partial charge >= 0.3 is 5.69 Å². The molecule has 2 heterocycles. The average molecular weight is 295 g/mol. The molecule has 0 spiro atoms. The predicted octanol–water partition coefficient (Wildman–Crippen LogP) is -0.243. The first-order valence-corrected chi connectivity index (χ1v) is 6.63. The Kier molecular flexibility index (Phi) is 4.20. The Hall–Kier alpha value is -2.45. The van der Waals surface area contributed by atoms with Crippen LogP contribution in [0.2, 0.25) is 0 Å². The highest BCUT2D eigenvalue weighted by atomic mass is 16.6. The van der Waals surface area contributed by atoms with Crippen LogP contribution in [-0.4, -0.2) is 51.1 Å². The summed E-state index contributed by atoms with van der Waals surface area (Å²) < 4.78 is 1.34. The minimum atomic E-state index is -0.493. The molecule has 1 N–H and O–H groups in total. The van der Waals surface area contributed by atoms with Gasteiger partial charge in [-0.1, -0.05) is 0 Å². The molecule has 1 aromatic heterocycles. The Morgan fingerprint density at radius 3 is 2.76 bits per heavy atom. The monoisotopic (exact) mass is 295 g/mol. The zero-order valence-corrected chi connectivity index (χ0v) is 12.0. The average Bonchev–Trinajstić information content (AvgIpc) is 2.58. The fraction of sp³-hybridized carbons (Fsp3) is 0.583. The molecular weight excluding hydrogens is 278 g/mol. The van der Waals surface area contributed by atoms with E-state index < -0.39 is 4.92 Å². The fourth-order valence-electron chi connectivity index (χ4n) is 2.35. The van der Waals surface area contributed by atoms with Crippen LogP contribution < -0.4 is 5.32 Å². The molecule has 0 saturated carbocycles. The molecule has 2 amide bonds. The van der Waals surface area contributed by atoms with Crippen LogP contribution in [0.5, 0.6) is 0 Å². The standard InChI is InChI=1S/C12H17N5O4/c1-8-12(17(20)21)9(2)16(14-8)7-11(19)15-5-3-10(18)13-4-6-15/h3-7H2,1-2H3,(H,13,18). The molecule has 21 heavy (non-hydrogen) atoms. The molecule has 1 fully saturated rings. The maximum absolute atomic E-state index is 12.2. The van der Waals surface area contributed by atoms with E-state index in [1.807, 2.05) is 0 Å². The molecule has 0 atom stereocenters. The van der Waals surface area contributed by atoms with Crippen LogP contribution in [0.4, 0.5) is 5.69 Å². The largest absolute Gasteiger partial charge is 0.354 e. The van der Waals surface area contributed by atoms with Gasteiger partial charge < -0.3 is 10.2 Å². The summed E-state index contributed by atoms with van der Waals surface area (Å²) in [6.45, 7) is 4.26. The number of hydrogen-bond donors (Lipinski definition) is 1. The summed E-state index contributed by atoms with van der Waals surface area (Å²) in [5.74, 6) is -0.279. The summed E-state index contributed by atoms with van der Waals surface area (Å²) in [7, 11) is 0. The van der Waals surface area contributed by atoms with Crippen molar-refractivity contribution in [2.24, 2.45) is 0 Å². The maximum Gasteiger partial charge on any atom is 0.312 e. The SMILES string of the molecule is Cc1nn(CC(=O)N2CCNC(=O)CC2)c(C)c1[N+](=O)[O-]. The second-order valence-electron chi connectivity index (χ2n) is 4.91. The van der Waals surface area contributed by atoms with Gasteiger partial charge in [-0.15, -0.1) is 0 Å². The quantitative estimate of drug-likeness (QED) is 0.611. The van der Waals surface area contributed by atoms with Crippen molar-refractivity contribution in [1.29, 1.82) is 0 Å².